The summed E-state index contributed by atoms with van der Waals surface area (Å²) in [5.41, 5.74) is 0.369. The molecule has 5 nitrogen and oxygen atoms in total. The SMILES string of the molecule is CC(C)(C)C(CC(=O)O)NC(=O)Nc1ccccc1I. The van der Waals surface area contributed by atoms with Gasteiger partial charge >= 0.3 is 12.0 Å². The van der Waals surface area contributed by atoms with Crippen LogP contribution in [0.5, 0.6) is 0 Å². The minimum absolute atomic E-state index is 0.108. The topological polar surface area (TPSA) is 78.4 Å². The highest BCUT2D eigenvalue weighted by Crippen LogP contribution is 2.22. The molecule has 1 unspecified atom stereocenters. The number of carbonyl (C=O) groups excluding carboxylic acids is 1. The van der Waals surface area contributed by atoms with Gasteiger partial charge in [0.1, 0.15) is 0 Å². The Hall–Kier alpha value is -1.31. The normalized spacial score (nSPS) is 12.6. The van der Waals surface area contributed by atoms with Crippen molar-refractivity contribution < 1.29 is 14.7 Å². The molecule has 0 aliphatic carbocycles. The van der Waals surface area contributed by atoms with E-state index in [1.165, 1.54) is 0 Å². The lowest BCUT2D eigenvalue weighted by Gasteiger charge is -2.30. The van der Waals surface area contributed by atoms with E-state index in [1.807, 2.05) is 39.0 Å². The largest absolute Gasteiger partial charge is 0.481 e. The molecule has 0 heterocycles. The number of urea groups is 1. The second-order valence-corrected chi connectivity index (χ2v) is 6.76. The van der Waals surface area contributed by atoms with Gasteiger partial charge in [0, 0.05) is 9.61 Å². The standard InChI is InChI=1S/C14H19IN2O3/c1-14(2,3)11(8-12(18)19)17-13(20)16-10-7-5-4-6-9(10)15/h4-7,11H,8H2,1-3H3,(H,18,19)(H2,16,17,20). The average Bonchev–Trinajstić information content (AvgIpc) is 2.29. The van der Waals surface area contributed by atoms with Gasteiger partial charge in [0.25, 0.3) is 0 Å². The highest BCUT2D eigenvalue weighted by Gasteiger charge is 2.28. The van der Waals surface area contributed by atoms with Crippen molar-refractivity contribution in [2.24, 2.45) is 5.41 Å². The zero-order chi connectivity index (χ0) is 15.3. The molecule has 2 amide bonds. The Kier molecular flexibility index (Phi) is 5.79. The van der Waals surface area contributed by atoms with Crippen LogP contribution in [-0.4, -0.2) is 23.1 Å². The van der Waals surface area contributed by atoms with Crippen LogP contribution in [0.2, 0.25) is 0 Å². The van der Waals surface area contributed by atoms with Crippen LogP contribution in [0.15, 0.2) is 24.3 Å². The molecular weight excluding hydrogens is 371 g/mol. The third-order valence-corrected chi connectivity index (χ3v) is 3.79. The molecule has 0 saturated carbocycles. The fraction of sp³-hybridized carbons (Fsp3) is 0.429. The Labute approximate surface area is 132 Å². The fourth-order valence-electron chi connectivity index (χ4n) is 1.63. The summed E-state index contributed by atoms with van der Waals surface area (Å²) in [6.07, 6.45) is -0.108. The van der Waals surface area contributed by atoms with Gasteiger partial charge < -0.3 is 15.7 Å². The van der Waals surface area contributed by atoms with Crippen molar-refractivity contribution >= 4 is 40.3 Å². The number of rotatable bonds is 4. The van der Waals surface area contributed by atoms with E-state index in [-0.39, 0.29) is 11.8 Å². The number of hydrogen-bond acceptors (Lipinski definition) is 2. The van der Waals surface area contributed by atoms with Gasteiger partial charge in [-0.15, -0.1) is 0 Å². The highest BCUT2D eigenvalue weighted by atomic mass is 127. The van der Waals surface area contributed by atoms with E-state index in [9.17, 15) is 9.59 Å². The van der Waals surface area contributed by atoms with E-state index in [4.69, 9.17) is 5.11 Å². The lowest BCUT2D eigenvalue weighted by Crippen LogP contribution is -2.46. The van der Waals surface area contributed by atoms with Crippen LogP contribution < -0.4 is 10.6 Å². The summed E-state index contributed by atoms with van der Waals surface area (Å²) in [5.74, 6) is -0.931. The van der Waals surface area contributed by atoms with E-state index in [0.29, 0.717) is 5.69 Å². The minimum atomic E-state index is -0.931. The van der Waals surface area contributed by atoms with E-state index in [1.54, 1.807) is 6.07 Å². The summed E-state index contributed by atoms with van der Waals surface area (Å²) < 4.78 is 0.922. The molecule has 110 valence electrons. The van der Waals surface area contributed by atoms with Gasteiger partial charge in [-0.2, -0.15) is 0 Å². The van der Waals surface area contributed by atoms with Crippen molar-refractivity contribution in [1.29, 1.82) is 0 Å². The number of halogens is 1. The van der Waals surface area contributed by atoms with Gasteiger partial charge in [0.15, 0.2) is 0 Å². The number of carbonyl (C=O) groups is 2. The summed E-state index contributed by atoms with van der Waals surface area (Å²) in [6, 6.07) is 6.56. The van der Waals surface area contributed by atoms with Crippen LogP contribution in [0.25, 0.3) is 0 Å². The first kappa shape index (κ1) is 16.7. The number of benzene rings is 1. The summed E-state index contributed by atoms with van der Waals surface area (Å²) >= 11 is 2.13. The van der Waals surface area contributed by atoms with Gasteiger partial charge in [0.05, 0.1) is 12.1 Å². The van der Waals surface area contributed by atoms with Gasteiger partial charge in [-0.25, -0.2) is 4.79 Å². The number of hydrogen-bond donors (Lipinski definition) is 3. The number of carboxylic acid groups (broad SMARTS) is 1. The molecule has 1 rings (SSSR count). The Balaban J connectivity index is 2.72. The first-order chi connectivity index (χ1) is 9.20. The van der Waals surface area contributed by atoms with Crippen LogP contribution in [0, 0.1) is 8.99 Å². The molecule has 0 saturated heterocycles. The molecule has 0 aliphatic rings. The fourth-order valence-corrected chi connectivity index (χ4v) is 2.15. The predicted octanol–water partition coefficient (Wildman–Crippen LogP) is 3.30. The first-order valence-electron chi connectivity index (χ1n) is 6.24. The summed E-state index contributed by atoms with van der Waals surface area (Å²) in [4.78, 5) is 22.9. The van der Waals surface area contributed by atoms with Crippen molar-refractivity contribution in [3.8, 4) is 0 Å². The summed E-state index contributed by atoms with van der Waals surface area (Å²) in [7, 11) is 0. The maximum atomic E-state index is 12.0. The molecule has 1 atom stereocenters. The lowest BCUT2D eigenvalue weighted by atomic mass is 9.85. The Morgan fingerprint density at radius 2 is 1.90 bits per heavy atom. The molecule has 1 aromatic rings. The molecule has 3 N–H and O–H groups in total. The third kappa shape index (κ3) is 5.36. The Morgan fingerprint density at radius 3 is 2.40 bits per heavy atom. The van der Waals surface area contributed by atoms with Crippen molar-refractivity contribution in [2.45, 2.75) is 33.2 Å². The van der Waals surface area contributed by atoms with Crippen LogP contribution in [0.4, 0.5) is 10.5 Å². The van der Waals surface area contributed by atoms with Gasteiger partial charge in [-0.1, -0.05) is 32.9 Å². The number of carboxylic acids is 1. The maximum Gasteiger partial charge on any atom is 0.319 e. The van der Waals surface area contributed by atoms with Crippen LogP contribution in [0.1, 0.15) is 27.2 Å². The van der Waals surface area contributed by atoms with Crippen LogP contribution in [-0.2, 0) is 4.79 Å². The second-order valence-electron chi connectivity index (χ2n) is 5.59. The van der Waals surface area contributed by atoms with Gasteiger partial charge in [0.2, 0.25) is 0 Å². The molecule has 0 bridgehead atoms. The van der Waals surface area contributed by atoms with Gasteiger partial charge in [-0.3, -0.25) is 4.79 Å². The zero-order valence-corrected chi connectivity index (χ0v) is 13.9. The molecule has 20 heavy (non-hydrogen) atoms. The molecule has 0 radical (unpaired) electrons. The van der Waals surface area contributed by atoms with Crippen molar-refractivity contribution in [1.82, 2.24) is 5.32 Å². The van der Waals surface area contributed by atoms with E-state index < -0.39 is 18.0 Å². The van der Waals surface area contributed by atoms with Crippen LogP contribution in [0.3, 0.4) is 0 Å². The summed E-state index contributed by atoms with van der Waals surface area (Å²) in [6.45, 7) is 5.69. The monoisotopic (exact) mass is 390 g/mol. The molecule has 0 aliphatic heterocycles. The quantitative estimate of drug-likeness (QED) is 0.691. The molecule has 6 heteroatoms. The molecule has 1 aromatic carbocycles. The van der Waals surface area contributed by atoms with E-state index in [2.05, 4.69) is 33.2 Å². The second kappa shape index (κ2) is 6.92. The molecular formula is C14H19IN2O3. The number of para-hydroxylation sites is 1. The van der Waals surface area contributed by atoms with Crippen molar-refractivity contribution in [3.63, 3.8) is 0 Å². The minimum Gasteiger partial charge on any atom is -0.481 e. The van der Waals surface area contributed by atoms with Crippen LogP contribution >= 0.6 is 22.6 Å². The van der Waals surface area contributed by atoms with E-state index >= 15 is 0 Å². The Morgan fingerprint density at radius 1 is 1.30 bits per heavy atom. The molecule has 0 spiro atoms. The molecule has 0 fully saturated rings. The Bertz CT molecular complexity index is 497. The third-order valence-electron chi connectivity index (χ3n) is 2.85. The lowest BCUT2D eigenvalue weighted by molar-refractivity contribution is -0.138. The zero-order valence-electron chi connectivity index (χ0n) is 11.7. The van der Waals surface area contributed by atoms with Crippen molar-refractivity contribution in [2.75, 3.05) is 5.32 Å². The maximum absolute atomic E-state index is 12.0. The van der Waals surface area contributed by atoms with E-state index in [0.717, 1.165) is 3.57 Å². The van der Waals surface area contributed by atoms with Gasteiger partial charge in [-0.05, 0) is 40.1 Å². The van der Waals surface area contributed by atoms with Crippen molar-refractivity contribution in [3.05, 3.63) is 27.8 Å². The summed E-state index contributed by atoms with van der Waals surface area (Å²) in [5, 5.41) is 14.4. The smallest absolute Gasteiger partial charge is 0.319 e. The molecule has 0 aromatic heterocycles. The number of aliphatic carboxylic acids is 1. The predicted molar refractivity (Wildman–Crippen MR) is 86.8 cm³/mol. The highest BCUT2D eigenvalue weighted by molar-refractivity contribution is 14.1. The number of anilines is 1. The average molecular weight is 390 g/mol. The first-order valence-corrected chi connectivity index (χ1v) is 7.32. The number of nitrogens with one attached hydrogen (secondary N) is 2. The number of amides is 2.